The summed E-state index contributed by atoms with van der Waals surface area (Å²) in [5, 5.41) is 13.5. The molecule has 1 amide bonds. The van der Waals surface area contributed by atoms with Gasteiger partial charge < -0.3 is 14.8 Å². The van der Waals surface area contributed by atoms with Crippen LogP contribution in [0.1, 0.15) is 40.0 Å². The first-order valence-corrected chi connectivity index (χ1v) is 7.14. The summed E-state index contributed by atoms with van der Waals surface area (Å²) in [5.41, 5.74) is 1.32. The zero-order chi connectivity index (χ0) is 15.4. The van der Waals surface area contributed by atoms with Crippen LogP contribution in [0.3, 0.4) is 0 Å². The number of benzene rings is 1. The molecule has 5 heteroatoms. The monoisotopic (exact) mass is 307 g/mol. The topological polar surface area (TPSA) is 62.5 Å². The van der Waals surface area contributed by atoms with E-state index in [1.165, 1.54) is 0 Å². The highest BCUT2D eigenvalue weighted by Crippen LogP contribution is 2.23. The van der Waals surface area contributed by atoms with Crippen LogP contribution in [0, 0.1) is 13.8 Å². The lowest BCUT2D eigenvalue weighted by atomic mass is 10.1. The highest BCUT2D eigenvalue weighted by molar-refractivity contribution is 6.30. The molecule has 0 spiro atoms. The van der Waals surface area contributed by atoms with Gasteiger partial charge in [-0.2, -0.15) is 0 Å². The number of aliphatic hydroxyl groups is 1. The highest BCUT2D eigenvalue weighted by atomic mass is 35.5. The van der Waals surface area contributed by atoms with Crippen LogP contribution in [0.15, 0.2) is 34.7 Å². The molecule has 0 aliphatic rings. The molecule has 2 rings (SSSR count). The first-order chi connectivity index (χ1) is 9.97. The molecule has 0 aliphatic heterocycles. The van der Waals surface area contributed by atoms with Crippen LogP contribution in [0.25, 0.3) is 0 Å². The van der Waals surface area contributed by atoms with Gasteiger partial charge in [0.25, 0.3) is 5.91 Å². The smallest absolute Gasteiger partial charge is 0.251 e. The third-order valence-electron chi connectivity index (χ3n) is 3.25. The normalized spacial score (nSPS) is 12.2. The van der Waals surface area contributed by atoms with E-state index >= 15 is 0 Å². The third-order valence-corrected chi connectivity index (χ3v) is 3.50. The summed E-state index contributed by atoms with van der Waals surface area (Å²) in [6, 6.07) is 8.49. The minimum Gasteiger partial charge on any atom is -0.466 e. The van der Waals surface area contributed by atoms with Crippen molar-refractivity contribution in [2.24, 2.45) is 0 Å². The van der Waals surface area contributed by atoms with Crippen molar-refractivity contribution in [3.8, 4) is 0 Å². The zero-order valence-corrected chi connectivity index (χ0v) is 12.8. The van der Waals surface area contributed by atoms with Crippen LogP contribution in [-0.4, -0.2) is 17.6 Å². The number of furan rings is 1. The van der Waals surface area contributed by atoms with E-state index in [-0.39, 0.29) is 5.91 Å². The SMILES string of the molecule is Cc1cc([C@H](O)CCNC(=O)c2ccc(Cl)cc2)c(C)o1. The molecule has 0 fully saturated rings. The predicted octanol–water partition coefficient (Wildman–Crippen LogP) is 3.40. The molecule has 0 unspecified atom stereocenters. The lowest BCUT2D eigenvalue weighted by Crippen LogP contribution is -2.25. The largest absolute Gasteiger partial charge is 0.466 e. The van der Waals surface area contributed by atoms with Crippen LogP contribution < -0.4 is 5.32 Å². The van der Waals surface area contributed by atoms with Crippen molar-refractivity contribution in [1.29, 1.82) is 0 Å². The van der Waals surface area contributed by atoms with Crippen molar-refractivity contribution in [3.63, 3.8) is 0 Å². The number of carbonyl (C=O) groups excluding carboxylic acids is 1. The lowest BCUT2D eigenvalue weighted by Gasteiger charge is -2.10. The Morgan fingerprint density at radius 3 is 2.57 bits per heavy atom. The van der Waals surface area contributed by atoms with Crippen molar-refractivity contribution >= 4 is 17.5 Å². The van der Waals surface area contributed by atoms with Gasteiger partial charge in [0, 0.05) is 22.7 Å². The molecule has 0 saturated heterocycles. The maximum Gasteiger partial charge on any atom is 0.251 e. The molecular weight excluding hydrogens is 290 g/mol. The quantitative estimate of drug-likeness (QED) is 0.890. The lowest BCUT2D eigenvalue weighted by molar-refractivity contribution is 0.0942. The van der Waals surface area contributed by atoms with Crippen LogP contribution >= 0.6 is 11.6 Å². The van der Waals surface area contributed by atoms with E-state index < -0.39 is 6.10 Å². The summed E-state index contributed by atoms with van der Waals surface area (Å²) in [7, 11) is 0. The summed E-state index contributed by atoms with van der Waals surface area (Å²) in [4.78, 5) is 11.9. The molecule has 1 heterocycles. The Morgan fingerprint density at radius 2 is 2.00 bits per heavy atom. The molecule has 1 aromatic heterocycles. The van der Waals surface area contributed by atoms with Crippen molar-refractivity contribution in [2.45, 2.75) is 26.4 Å². The Morgan fingerprint density at radius 1 is 1.33 bits per heavy atom. The standard InChI is InChI=1S/C16H18ClNO3/c1-10-9-14(11(2)21-10)15(19)7-8-18-16(20)12-3-5-13(17)6-4-12/h3-6,9,15,19H,7-8H2,1-2H3,(H,18,20)/t15-/m1/s1. The van der Waals surface area contributed by atoms with Crippen LogP contribution in [0.4, 0.5) is 0 Å². The average molecular weight is 308 g/mol. The van der Waals surface area contributed by atoms with E-state index in [4.69, 9.17) is 16.0 Å². The molecule has 112 valence electrons. The summed E-state index contributed by atoms with van der Waals surface area (Å²) in [5.74, 6) is 1.30. The van der Waals surface area contributed by atoms with Crippen molar-refractivity contribution in [1.82, 2.24) is 5.32 Å². The van der Waals surface area contributed by atoms with E-state index in [0.717, 1.165) is 11.3 Å². The Kier molecular flexibility index (Phi) is 5.04. The molecule has 0 radical (unpaired) electrons. The highest BCUT2D eigenvalue weighted by Gasteiger charge is 2.14. The molecule has 2 aromatic rings. The fourth-order valence-corrected chi connectivity index (χ4v) is 2.29. The van der Waals surface area contributed by atoms with Gasteiger partial charge in [0.1, 0.15) is 11.5 Å². The fraction of sp³-hybridized carbons (Fsp3) is 0.312. The summed E-state index contributed by atoms with van der Waals surface area (Å²) in [6.45, 7) is 4.04. The van der Waals surface area contributed by atoms with Gasteiger partial charge in [-0.1, -0.05) is 11.6 Å². The van der Waals surface area contributed by atoms with E-state index in [1.54, 1.807) is 24.3 Å². The number of halogens is 1. The number of hydrogen-bond donors (Lipinski definition) is 2. The summed E-state index contributed by atoms with van der Waals surface area (Å²) in [6.07, 6.45) is -0.216. The van der Waals surface area contributed by atoms with Crippen LogP contribution in [0.5, 0.6) is 0 Å². The summed E-state index contributed by atoms with van der Waals surface area (Å²) < 4.78 is 5.38. The second kappa shape index (κ2) is 6.78. The van der Waals surface area contributed by atoms with Crippen molar-refractivity contribution in [3.05, 3.63) is 58.0 Å². The summed E-state index contributed by atoms with van der Waals surface area (Å²) >= 11 is 5.77. The van der Waals surface area contributed by atoms with Crippen LogP contribution in [0.2, 0.25) is 5.02 Å². The van der Waals surface area contributed by atoms with Crippen molar-refractivity contribution < 1.29 is 14.3 Å². The number of carbonyl (C=O) groups is 1. The fourth-order valence-electron chi connectivity index (χ4n) is 2.16. The first kappa shape index (κ1) is 15.6. The zero-order valence-electron chi connectivity index (χ0n) is 12.0. The van der Waals surface area contributed by atoms with E-state index in [1.807, 2.05) is 19.9 Å². The van der Waals surface area contributed by atoms with Gasteiger partial charge in [-0.25, -0.2) is 0 Å². The number of rotatable bonds is 5. The van der Waals surface area contributed by atoms with Gasteiger partial charge in [-0.3, -0.25) is 4.79 Å². The van der Waals surface area contributed by atoms with E-state index in [2.05, 4.69) is 5.32 Å². The minimum atomic E-state index is -0.645. The van der Waals surface area contributed by atoms with Gasteiger partial charge in [-0.15, -0.1) is 0 Å². The number of hydrogen-bond acceptors (Lipinski definition) is 3. The Balaban J connectivity index is 1.85. The van der Waals surface area contributed by atoms with Gasteiger partial charge in [0.2, 0.25) is 0 Å². The second-order valence-corrected chi connectivity index (χ2v) is 5.37. The molecule has 1 atom stereocenters. The molecular formula is C16H18ClNO3. The average Bonchev–Trinajstić information content (AvgIpc) is 2.78. The molecule has 2 N–H and O–H groups in total. The Labute approximate surface area is 128 Å². The number of amides is 1. The van der Waals surface area contributed by atoms with Gasteiger partial charge in [0.15, 0.2) is 0 Å². The first-order valence-electron chi connectivity index (χ1n) is 6.76. The third kappa shape index (κ3) is 4.09. The molecule has 4 nitrogen and oxygen atoms in total. The molecule has 0 aliphatic carbocycles. The molecule has 0 bridgehead atoms. The maximum atomic E-state index is 11.9. The van der Waals surface area contributed by atoms with Gasteiger partial charge in [0.05, 0.1) is 6.10 Å². The van der Waals surface area contributed by atoms with Crippen LogP contribution in [-0.2, 0) is 0 Å². The number of aryl methyl sites for hydroxylation is 2. The van der Waals surface area contributed by atoms with E-state index in [9.17, 15) is 9.90 Å². The molecule has 1 aromatic carbocycles. The molecule has 21 heavy (non-hydrogen) atoms. The predicted molar refractivity (Wildman–Crippen MR) is 81.5 cm³/mol. The Bertz CT molecular complexity index is 619. The van der Waals surface area contributed by atoms with Gasteiger partial charge in [-0.05, 0) is 50.6 Å². The maximum absolute atomic E-state index is 11.9. The minimum absolute atomic E-state index is 0.182. The Hall–Kier alpha value is -1.78. The van der Waals surface area contributed by atoms with Gasteiger partial charge >= 0.3 is 0 Å². The van der Waals surface area contributed by atoms with Crippen molar-refractivity contribution in [2.75, 3.05) is 6.54 Å². The second-order valence-electron chi connectivity index (χ2n) is 4.94. The molecule has 0 saturated carbocycles. The van der Waals surface area contributed by atoms with E-state index in [0.29, 0.717) is 29.3 Å². The number of aliphatic hydroxyl groups excluding tert-OH is 1. The number of nitrogens with one attached hydrogen (secondary N) is 1.